The van der Waals surface area contributed by atoms with E-state index < -0.39 is 11.1 Å². The monoisotopic (exact) mass is 428 g/mol. The van der Waals surface area contributed by atoms with Crippen LogP contribution in [-0.2, 0) is 10.9 Å². The summed E-state index contributed by atoms with van der Waals surface area (Å²) in [6.07, 6.45) is 0.472. The van der Waals surface area contributed by atoms with Gasteiger partial charge in [-0.3, -0.25) is 0 Å². The summed E-state index contributed by atoms with van der Waals surface area (Å²) in [5.74, 6) is 0.930. The number of hydrogen-bond donors (Lipinski definition) is 0. The Balaban J connectivity index is 1.30. The van der Waals surface area contributed by atoms with E-state index >= 15 is 0 Å². The van der Waals surface area contributed by atoms with Gasteiger partial charge >= 0.3 is 6.18 Å². The van der Waals surface area contributed by atoms with Gasteiger partial charge in [-0.05, 0) is 18.0 Å². The van der Waals surface area contributed by atoms with E-state index in [-0.39, 0.29) is 24.7 Å². The molecule has 0 bridgehead atoms. The minimum atomic E-state index is -4.35. The molecule has 29 heavy (non-hydrogen) atoms. The summed E-state index contributed by atoms with van der Waals surface area (Å²) < 4.78 is 58.8. The van der Waals surface area contributed by atoms with Crippen LogP contribution in [0, 0.1) is 0 Å². The molecule has 1 fully saturated rings. The van der Waals surface area contributed by atoms with Crippen molar-refractivity contribution in [1.29, 1.82) is 0 Å². The SMILES string of the molecule is COCOc1cc(-c2cnc(O[C@H]3C[C@@H](c4ncc(C(F)(F)F)s4)C3)cn2)on1. The number of thiazole rings is 1. The number of alkyl halides is 3. The van der Waals surface area contributed by atoms with E-state index in [1.54, 1.807) is 6.07 Å². The highest BCUT2D eigenvalue weighted by Gasteiger charge is 2.38. The van der Waals surface area contributed by atoms with Crippen LogP contribution >= 0.6 is 11.3 Å². The van der Waals surface area contributed by atoms with Crippen LogP contribution in [0.2, 0.25) is 0 Å². The van der Waals surface area contributed by atoms with Crippen molar-refractivity contribution in [2.75, 3.05) is 13.9 Å². The number of aromatic nitrogens is 4. The van der Waals surface area contributed by atoms with Gasteiger partial charge < -0.3 is 18.7 Å². The van der Waals surface area contributed by atoms with Crippen LogP contribution < -0.4 is 9.47 Å². The molecule has 154 valence electrons. The molecule has 0 amide bonds. The largest absolute Gasteiger partial charge is 0.473 e. The van der Waals surface area contributed by atoms with E-state index in [0.29, 0.717) is 46.5 Å². The number of methoxy groups -OCH3 is 1. The van der Waals surface area contributed by atoms with Gasteiger partial charge in [0, 0.05) is 13.0 Å². The molecule has 1 aliphatic carbocycles. The maximum atomic E-state index is 12.7. The van der Waals surface area contributed by atoms with Crippen LogP contribution in [-0.4, -0.2) is 40.1 Å². The molecule has 0 saturated heterocycles. The first-order chi connectivity index (χ1) is 13.9. The molecule has 0 aromatic carbocycles. The fourth-order valence-electron chi connectivity index (χ4n) is 2.71. The molecule has 1 saturated carbocycles. The topological polar surface area (TPSA) is 92.4 Å². The molecule has 1 aliphatic rings. The average Bonchev–Trinajstić information content (AvgIpc) is 3.32. The average molecular weight is 428 g/mol. The van der Waals surface area contributed by atoms with Crippen LogP contribution in [0.5, 0.6) is 11.8 Å². The highest BCUT2D eigenvalue weighted by atomic mass is 32.1. The third-order valence-corrected chi connectivity index (χ3v) is 5.43. The Labute approximate surface area is 166 Å². The summed E-state index contributed by atoms with van der Waals surface area (Å²) in [5, 5.41) is 4.21. The van der Waals surface area contributed by atoms with Crippen LogP contribution in [0.4, 0.5) is 13.2 Å². The van der Waals surface area contributed by atoms with Crippen molar-refractivity contribution in [2.45, 2.75) is 31.0 Å². The normalized spacial score (nSPS) is 19.0. The molecular formula is C17H15F3N4O4S. The Bertz CT molecular complexity index is 954. The fraction of sp³-hybridized carbons (Fsp3) is 0.412. The van der Waals surface area contributed by atoms with Gasteiger partial charge in [-0.15, -0.1) is 11.3 Å². The molecular weight excluding hydrogens is 413 g/mol. The summed E-state index contributed by atoms with van der Waals surface area (Å²) in [4.78, 5) is 11.6. The lowest BCUT2D eigenvalue weighted by Crippen LogP contribution is -2.32. The quantitative estimate of drug-likeness (QED) is 0.523. The number of halogens is 3. The van der Waals surface area contributed by atoms with Crippen molar-refractivity contribution >= 4 is 11.3 Å². The van der Waals surface area contributed by atoms with Gasteiger partial charge in [0.2, 0.25) is 5.88 Å². The fourth-order valence-corrected chi connectivity index (χ4v) is 3.62. The van der Waals surface area contributed by atoms with E-state index in [1.807, 2.05) is 0 Å². The lowest BCUT2D eigenvalue weighted by atomic mass is 9.83. The predicted molar refractivity (Wildman–Crippen MR) is 93.5 cm³/mol. The smallest absolute Gasteiger partial charge is 0.427 e. The first kappa shape index (κ1) is 19.6. The number of ether oxygens (including phenoxy) is 3. The van der Waals surface area contributed by atoms with E-state index in [2.05, 4.69) is 20.1 Å². The second-order valence-electron chi connectivity index (χ2n) is 6.29. The Morgan fingerprint density at radius 2 is 1.97 bits per heavy atom. The highest BCUT2D eigenvalue weighted by Crippen LogP contribution is 2.43. The van der Waals surface area contributed by atoms with Gasteiger partial charge in [0.1, 0.15) is 16.7 Å². The van der Waals surface area contributed by atoms with E-state index in [4.69, 9.17) is 18.7 Å². The Hall–Kier alpha value is -2.73. The molecule has 12 heteroatoms. The van der Waals surface area contributed by atoms with E-state index in [0.717, 1.165) is 6.20 Å². The Kier molecular flexibility index (Phi) is 5.37. The van der Waals surface area contributed by atoms with Gasteiger partial charge in [-0.1, -0.05) is 0 Å². The molecule has 0 N–H and O–H groups in total. The van der Waals surface area contributed by atoms with Gasteiger partial charge in [0.15, 0.2) is 12.6 Å². The lowest BCUT2D eigenvalue weighted by Gasteiger charge is -2.33. The maximum absolute atomic E-state index is 12.7. The van der Waals surface area contributed by atoms with Crippen molar-refractivity contribution in [3.05, 3.63) is 34.5 Å². The third-order valence-electron chi connectivity index (χ3n) is 4.23. The number of hydrogen-bond acceptors (Lipinski definition) is 9. The molecule has 0 unspecified atom stereocenters. The van der Waals surface area contributed by atoms with Gasteiger partial charge in [-0.2, -0.15) is 13.2 Å². The zero-order chi connectivity index (χ0) is 20.4. The van der Waals surface area contributed by atoms with Crippen molar-refractivity contribution < 1.29 is 31.9 Å². The van der Waals surface area contributed by atoms with Crippen molar-refractivity contribution in [3.8, 4) is 23.2 Å². The van der Waals surface area contributed by atoms with Crippen molar-refractivity contribution in [1.82, 2.24) is 20.1 Å². The number of nitrogens with zero attached hydrogens (tertiary/aromatic N) is 4. The first-order valence-electron chi connectivity index (χ1n) is 8.53. The minimum absolute atomic E-state index is 0.0342. The molecule has 3 heterocycles. The molecule has 4 rings (SSSR count). The van der Waals surface area contributed by atoms with E-state index in [1.165, 1.54) is 19.5 Å². The highest BCUT2D eigenvalue weighted by molar-refractivity contribution is 7.11. The van der Waals surface area contributed by atoms with Gasteiger partial charge in [0.05, 0.1) is 29.7 Å². The zero-order valence-electron chi connectivity index (χ0n) is 15.0. The standard InChI is InChI=1S/C17H15F3N4O4S/c1-25-8-26-14-4-12(28-24-14)11-5-22-15(7-21-11)27-10-2-9(3-10)16-23-6-13(29-16)17(18,19)20/h4-7,9-10H,2-3,8H2,1H3/t9-,10+. The third kappa shape index (κ3) is 4.48. The molecule has 0 atom stereocenters. The second kappa shape index (κ2) is 7.95. The Morgan fingerprint density at radius 1 is 1.14 bits per heavy atom. The zero-order valence-corrected chi connectivity index (χ0v) is 15.9. The van der Waals surface area contributed by atoms with Gasteiger partial charge in [-0.25, -0.2) is 15.0 Å². The summed E-state index contributed by atoms with van der Waals surface area (Å²) in [6, 6.07) is 1.56. The minimum Gasteiger partial charge on any atom is -0.473 e. The molecule has 0 aliphatic heterocycles. The second-order valence-corrected chi connectivity index (χ2v) is 7.35. The summed E-state index contributed by atoms with van der Waals surface area (Å²) in [7, 11) is 1.49. The summed E-state index contributed by atoms with van der Waals surface area (Å²) in [5.41, 5.74) is 0.450. The van der Waals surface area contributed by atoms with Gasteiger partial charge in [0.25, 0.3) is 5.88 Å². The first-order valence-corrected chi connectivity index (χ1v) is 9.34. The summed E-state index contributed by atoms with van der Waals surface area (Å²) >= 11 is 0.684. The number of rotatable bonds is 7. The molecule has 0 spiro atoms. The van der Waals surface area contributed by atoms with Crippen molar-refractivity contribution in [3.63, 3.8) is 0 Å². The molecule has 8 nitrogen and oxygen atoms in total. The van der Waals surface area contributed by atoms with Crippen LogP contribution in [0.3, 0.4) is 0 Å². The van der Waals surface area contributed by atoms with Crippen LogP contribution in [0.25, 0.3) is 11.5 Å². The van der Waals surface area contributed by atoms with Crippen molar-refractivity contribution in [2.24, 2.45) is 0 Å². The molecule has 0 radical (unpaired) electrons. The van der Waals surface area contributed by atoms with Crippen LogP contribution in [0.15, 0.2) is 29.2 Å². The van der Waals surface area contributed by atoms with E-state index in [9.17, 15) is 13.2 Å². The molecule has 3 aromatic rings. The lowest BCUT2D eigenvalue weighted by molar-refractivity contribution is -0.134. The summed E-state index contributed by atoms with van der Waals surface area (Å²) in [6.45, 7) is 0.0469. The maximum Gasteiger partial charge on any atom is 0.427 e. The molecule has 3 aromatic heterocycles. The predicted octanol–water partition coefficient (Wildman–Crippen LogP) is 3.91. The van der Waals surface area contributed by atoms with Crippen LogP contribution in [0.1, 0.15) is 28.6 Å². The Morgan fingerprint density at radius 3 is 2.62 bits per heavy atom.